The van der Waals surface area contributed by atoms with Gasteiger partial charge in [-0.15, -0.1) is 0 Å². The largest absolute Gasteiger partial charge is 0.377 e. The first-order valence-corrected chi connectivity index (χ1v) is 7.38. The number of rotatable bonds is 5. The summed E-state index contributed by atoms with van der Waals surface area (Å²) in [6.07, 6.45) is 8.19. The summed E-state index contributed by atoms with van der Waals surface area (Å²) in [7, 11) is 0. The number of ether oxygens (including phenoxy) is 1. The Kier molecular flexibility index (Phi) is 6.50. The zero-order chi connectivity index (χ0) is 12.7. The molecule has 0 aromatic heterocycles. The molecule has 1 aliphatic carbocycles. The predicted molar refractivity (Wildman–Crippen MR) is 74.4 cm³/mol. The maximum atomic E-state index is 6.14. The number of hydrogen-bond donors (Lipinski definition) is 1. The topological polar surface area (TPSA) is 21.3 Å². The lowest BCUT2D eigenvalue weighted by molar-refractivity contribution is 0.0104. The van der Waals surface area contributed by atoms with Gasteiger partial charge in [-0.2, -0.15) is 0 Å². The Labute approximate surface area is 108 Å². The van der Waals surface area contributed by atoms with Crippen molar-refractivity contribution in [2.24, 2.45) is 5.41 Å². The van der Waals surface area contributed by atoms with Gasteiger partial charge in [0, 0.05) is 12.6 Å². The van der Waals surface area contributed by atoms with E-state index >= 15 is 0 Å². The van der Waals surface area contributed by atoms with Gasteiger partial charge in [-0.3, -0.25) is 0 Å². The van der Waals surface area contributed by atoms with Crippen molar-refractivity contribution in [3.05, 3.63) is 0 Å². The zero-order valence-electron chi connectivity index (χ0n) is 12.2. The van der Waals surface area contributed by atoms with E-state index < -0.39 is 0 Å². The summed E-state index contributed by atoms with van der Waals surface area (Å²) in [5.41, 5.74) is 0.387. The molecule has 2 atom stereocenters. The molecule has 0 radical (unpaired) electrons. The fourth-order valence-corrected chi connectivity index (χ4v) is 2.49. The first-order chi connectivity index (χ1) is 8.03. The summed E-state index contributed by atoms with van der Waals surface area (Å²) in [6.45, 7) is 11.0. The number of hydrogen-bond acceptors (Lipinski definition) is 2. The van der Waals surface area contributed by atoms with Crippen molar-refractivity contribution >= 4 is 0 Å². The Hall–Kier alpha value is -0.0800. The van der Waals surface area contributed by atoms with Crippen molar-refractivity contribution in [2.45, 2.75) is 78.4 Å². The van der Waals surface area contributed by atoms with Crippen LogP contribution in [0.5, 0.6) is 0 Å². The van der Waals surface area contributed by atoms with Gasteiger partial charge in [0.25, 0.3) is 0 Å². The molecule has 17 heavy (non-hydrogen) atoms. The third-order valence-corrected chi connectivity index (χ3v) is 3.60. The number of likely N-dealkylation sites (N-methyl/N-ethyl adjacent to an activating group) is 1. The summed E-state index contributed by atoms with van der Waals surface area (Å²) in [5.74, 6) is 0. The Balaban J connectivity index is 2.35. The van der Waals surface area contributed by atoms with E-state index in [0.29, 0.717) is 17.6 Å². The van der Waals surface area contributed by atoms with Gasteiger partial charge in [-0.1, -0.05) is 47.0 Å². The van der Waals surface area contributed by atoms with Crippen LogP contribution in [0.15, 0.2) is 0 Å². The van der Waals surface area contributed by atoms with Crippen molar-refractivity contribution in [1.29, 1.82) is 0 Å². The molecule has 2 nitrogen and oxygen atoms in total. The molecule has 1 rings (SSSR count). The molecule has 0 saturated heterocycles. The smallest absolute Gasteiger partial charge is 0.0728 e. The Morgan fingerprint density at radius 3 is 2.47 bits per heavy atom. The molecule has 2 heteroatoms. The molecule has 1 fully saturated rings. The monoisotopic (exact) mass is 241 g/mol. The zero-order valence-corrected chi connectivity index (χ0v) is 12.2. The Bertz CT molecular complexity index is 198. The molecule has 102 valence electrons. The van der Waals surface area contributed by atoms with E-state index in [4.69, 9.17) is 4.74 Å². The highest BCUT2D eigenvalue weighted by Gasteiger charge is 2.23. The fraction of sp³-hybridized carbons (Fsp3) is 1.00. The molecular weight excluding hydrogens is 210 g/mol. The lowest BCUT2D eigenvalue weighted by Gasteiger charge is -2.27. The molecular formula is C15H31NO. The van der Waals surface area contributed by atoms with Gasteiger partial charge in [0.2, 0.25) is 0 Å². The minimum absolute atomic E-state index is 0.387. The van der Waals surface area contributed by atoms with Crippen LogP contribution in [-0.2, 0) is 4.74 Å². The summed E-state index contributed by atoms with van der Waals surface area (Å²) >= 11 is 0. The van der Waals surface area contributed by atoms with E-state index in [2.05, 4.69) is 33.0 Å². The third kappa shape index (κ3) is 6.42. The summed E-state index contributed by atoms with van der Waals surface area (Å²) < 4.78 is 6.14. The van der Waals surface area contributed by atoms with Crippen LogP contribution in [0.25, 0.3) is 0 Å². The number of nitrogens with one attached hydrogen (secondary N) is 1. The molecule has 2 unspecified atom stereocenters. The Morgan fingerprint density at radius 1 is 1.12 bits per heavy atom. The van der Waals surface area contributed by atoms with E-state index in [9.17, 15) is 0 Å². The minimum atomic E-state index is 0.387. The first-order valence-electron chi connectivity index (χ1n) is 7.38. The predicted octanol–water partition coefficient (Wildman–Crippen LogP) is 3.75. The van der Waals surface area contributed by atoms with Gasteiger partial charge < -0.3 is 10.1 Å². The van der Waals surface area contributed by atoms with Crippen LogP contribution < -0.4 is 5.32 Å². The average molecular weight is 241 g/mol. The van der Waals surface area contributed by atoms with Gasteiger partial charge in [-0.05, 0) is 31.2 Å². The van der Waals surface area contributed by atoms with Gasteiger partial charge in [0.15, 0.2) is 0 Å². The SMILES string of the molecule is CCNC1CCCCCC1OCCC(C)(C)C. The van der Waals surface area contributed by atoms with Crippen molar-refractivity contribution < 1.29 is 4.74 Å². The summed E-state index contributed by atoms with van der Waals surface area (Å²) in [6, 6.07) is 0.586. The minimum Gasteiger partial charge on any atom is -0.377 e. The van der Waals surface area contributed by atoms with Gasteiger partial charge >= 0.3 is 0 Å². The van der Waals surface area contributed by atoms with Crippen molar-refractivity contribution in [1.82, 2.24) is 5.32 Å². The molecule has 1 saturated carbocycles. The van der Waals surface area contributed by atoms with E-state index in [1.54, 1.807) is 0 Å². The van der Waals surface area contributed by atoms with Crippen LogP contribution >= 0.6 is 0 Å². The fourth-order valence-electron chi connectivity index (χ4n) is 2.49. The van der Waals surface area contributed by atoms with E-state index in [-0.39, 0.29) is 0 Å². The standard InChI is InChI=1S/C15H31NO/c1-5-16-13-9-7-6-8-10-14(13)17-12-11-15(2,3)4/h13-14,16H,5-12H2,1-4H3. The van der Waals surface area contributed by atoms with Crippen molar-refractivity contribution in [3.63, 3.8) is 0 Å². The molecule has 1 N–H and O–H groups in total. The molecule has 0 amide bonds. The quantitative estimate of drug-likeness (QED) is 0.740. The molecule has 0 bridgehead atoms. The normalized spacial score (nSPS) is 26.8. The van der Waals surface area contributed by atoms with Crippen LogP contribution in [0.1, 0.15) is 66.2 Å². The lowest BCUT2D eigenvalue weighted by Crippen LogP contribution is -2.41. The average Bonchev–Trinajstić information content (AvgIpc) is 2.43. The van der Waals surface area contributed by atoms with Crippen LogP contribution in [0, 0.1) is 5.41 Å². The second-order valence-electron chi connectivity index (χ2n) is 6.52. The van der Waals surface area contributed by atoms with E-state index in [1.807, 2.05) is 0 Å². The van der Waals surface area contributed by atoms with Crippen LogP contribution in [-0.4, -0.2) is 25.3 Å². The van der Waals surface area contributed by atoms with Gasteiger partial charge in [0.1, 0.15) is 0 Å². The molecule has 0 heterocycles. The highest BCUT2D eigenvalue weighted by molar-refractivity contribution is 4.80. The highest BCUT2D eigenvalue weighted by Crippen LogP contribution is 2.23. The van der Waals surface area contributed by atoms with Crippen LogP contribution in [0.3, 0.4) is 0 Å². The Morgan fingerprint density at radius 2 is 1.82 bits per heavy atom. The van der Waals surface area contributed by atoms with Gasteiger partial charge in [-0.25, -0.2) is 0 Å². The molecule has 1 aliphatic rings. The van der Waals surface area contributed by atoms with Crippen molar-refractivity contribution in [2.75, 3.05) is 13.2 Å². The molecule has 0 aromatic rings. The van der Waals surface area contributed by atoms with E-state index in [1.165, 1.54) is 32.1 Å². The highest BCUT2D eigenvalue weighted by atomic mass is 16.5. The maximum Gasteiger partial charge on any atom is 0.0728 e. The summed E-state index contributed by atoms with van der Waals surface area (Å²) in [5, 5.41) is 3.60. The maximum absolute atomic E-state index is 6.14. The van der Waals surface area contributed by atoms with E-state index in [0.717, 1.165) is 19.6 Å². The first kappa shape index (κ1) is 15.0. The molecule has 0 aliphatic heterocycles. The molecule has 0 aromatic carbocycles. The molecule has 0 spiro atoms. The van der Waals surface area contributed by atoms with Gasteiger partial charge in [0.05, 0.1) is 6.10 Å². The van der Waals surface area contributed by atoms with Crippen LogP contribution in [0.4, 0.5) is 0 Å². The summed E-state index contributed by atoms with van der Waals surface area (Å²) in [4.78, 5) is 0. The second-order valence-corrected chi connectivity index (χ2v) is 6.52. The van der Waals surface area contributed by atoms with Crippen molar-refractivity contribution in [3.8, 4) is 0 Å². The third-order valence-electron chi connectivity index (χ3n) is 3.60. The van der Waals surface area contributed by atoms with Crippen LogP contribution in [0.2, 0.25) is 0 Å². The lowest BCUT2D eigenvalue weighted by atomic mass is 9.93. The second kappa shape index (κ2) is 7.38.